The largest absolute Gasteiger partial charge is 0.367 e. The minimum Gasteiger partial charge on any atom is -0.367 e. The number of anilines is 2. The van der Waals surface area contributed by atoms with Crippen LogP contribution >= 0.6 is 11.3 Å². The highest BCUT2D eigenvalue weighted by atomic mass is 32.1. The maximum atomic E-state index is 14.2. The number of aromatic nitrogens is 4. The van der Waals surface area contributed by atoms with Gasteiger partial charge in [0.1, 0.15) is 5.82 Å². The molecule has 0 aliphatic heterocycles. The van der Waals surface area contributed by atoms with Crippen molar-refractivity contribution in [2.24, 2.45) is 0 Å². The molecule has 1 fully saturated rings. The summed E-state index contributed by atoms with van der Waals surface area (Å²) in [5.74, 6) is -0.563. The van der Waals surface area contributed by atoms with Gasteiger partial charge < -0.3 is 10.1 Å². The maximum absolute atomic E-state index is 14.2. The van der Waals surface area contributed by atoms with Crippen molar-refractivity contribution >= 4 is 27.5 Å². The quantitative estimate of drug-likeness (QED) is 0.522. The van der Waals surface area contributed by atoms with Gasteiger partial charge in [-0.25, -0.2) is 4.39 Å². The van der Waals surface area contributed by atoms with Crippen LogP contribution in [0.25, 0.3) is 0 Å². The summed E-state index contributed by atoms with van der Waals surface area (Å²) in [6.45, 7) is 3.86. The SMILES string of the molecule is CO[C@H](C(=O)Nc1nnc(NC2CCC(c3cc(C)cnn3)CC2)s1)c1cc(C)ccc1F. The van der Waals surface area contributed by atoms with Crippen LogP contribution in [0.15, 0.2) is 30.5 Å². The number of ether oxygens (including phenoxy) is 1. The monoisotopic (exact) mass is 470 g/mol. The van der Waals surface area contributed by atoms with Crippen LogP contribution in [0, 0.1) is 19.7 Å². The Labute approximate surface area is 196 Å². The van der Waals surface area contributed by atoms with E-state index in [2.05, 4.69) is 37.1 Å². The highest BCUT2D eigenvalue weighted by molar-refractivity contribution is 7.19. The number of hydrogen-bond acceptors (Lipinski definition) is 8. The molecule has 1 amide bonds. The molecule has 2 N–H and O–H groups in total. The van der Waals surface area contributed by atoms with E-state index in [1.165, 1.54) is 24.5 Å². The van der Waals surface area contributed by atoms with E-state index >= 15 is 0 Å². The summed E-state index contributed by atoms with van der Waals surface area (Å²) >= 11 is 1.25. The smallest absolute Gasteiger partial charge is 0.260 e. The predicted octanol–water partition coefficient (Wildman–Crippen LogP) is 4.55. The molecule has 1 aliphatic rings. The fourth-order valence-electron chi connectivity index (χ4n) is 4.14. The number of nitrogens with zero attached hydrogens (tertiary/aromatic N) is 4. The number of rotatable bonds is 7. The number of carbonyl (C=O) groups is 1. The first-order valence-electron chi connectivity index (χ1n) is 10.9. The second-order valence-corrected chi connectivity index (χ2v) is 9.37. The van der Waals surface area contributed by atoms with Gasteiger partial charge in [-0.05, 0) is 57.2 Å². The Bertz CT molecular complexity index is 1120. The molecule has 1 aromatic carbocycles. The Morgan fingerprint density at radius 3 is 2.58 bits per heavy atom. The van der Waals surface area contributed by atoms with E-state index in [0.717, 1.165) is 42.5 Å². The fraction of sp³-hybridized carbons (Fsp3) is 0.435. The molecule has 4 rings (SSSR count). The second-order valence-electron chi connectivity index (χ2n) is 8.39. The average Bonchev–Trinajstić information content (AvgIpc) is 3.23. The molecule has 0 spiro atoms. The van der Waals surface area contributed by atoms with Gasteiger partial charge in [-0.15, -0.1) is 10.2 Å². The van der Waals surface area contributed by atoms with Gasteiger partial charge in [-0.3, -0.25) is 10.1 Å². The summed E-state index contributed by atoms with van der Waals surface area (Å²) in [5, 5.41) is 23.6. The van der Waals surface area contributed by atoms with Crippen LogP contribution in [-0.4, -0.2) is 39.5 Å². The lowest BCUT2D eigenvalue weighted by atomic mass is 9.84. The highest BCUT2D eigenvalue weighted by Crippen LogP contribution is 2.34. The minimum absolute atomic E-state index is 0.188. The molecule has 10 heteroatoms. The van der Waals surface area contributed by atoms with Crippen molar-refractivity contribution in [3.8, 4) is 0 Å². The molecule has 174 valence electrons. The zero-order valence-corrected chi connectivity index (χ0v) is 19.7. The number of aryl methyl sites for hydroxylation is 2. The highest BCUT2D eigenvalue weighted by Gasteiger charge is 2.26. The topological polar surface area (TPSA) is 102 Å². The molecule has 0 saturated heterocycles. The van der Waals surface area contributed by atoms with Crippen molar-refractivity contribution in [1.29, 1.82) is 0 Å². The number of nitrogens with one attached hydrogen (secondary N) is 2. The van der Waals surface area contributed by atoms with E-state index in [0.29, 0.717) is 16.2 Å². The number of carbonyl (C=O) groups excluding carboxylic acids is 1. The average molecular weight is 471 g/mol. The number of amides is 1. The second kappa shape index (κ2) is 10.3. The summed E-state index contributed by atoms with van der Waals surface area (Å²) in [5.41, 5.74) is 3.22. The molecule has 33 heavy (non-hydrogen) atoms. The lowest BCUT2D eigenvalue weighted by molar-refractivity contribution is -0.126. The molecule has 1 saturated carbocycles. The van der Waals surface area contributed by atoms with Crippen molar-refractivity contribution < 1.29 is 13.9 Å². The van der Waals surface area contributed by atoms with Crippen molar-refractivity contribution in [3.63, 3.8) is 0 Å². The van der Waals surface area contributed by atoms with Gasteiger partial charge in [0, 0.05) is 24.6 Å². The van der Waals surface area contributed by atoms with E-state index in [1.807, 2.05) is 13.8 Å². The third-order valence-electron chi connectivity index (χ3n) is 5.85. The van der Waals surface area contributed by atoms with Crippen LogP contribution in [0.2, 0.25) is 0 Å². The van der Waals surface area contributed by atoms with Crippen LogP contribution in [0.4, 0.5) is 14.7 Å². The van der Waals surface area contributed by atoms with Crippen LogP contribution in [0.5, 0.6) is 0 Å². The predicted molar refractivity (Wildman–Crippen MR) is 125 cm³/mol. The van der Waals surface area contributed by atoms with Gasteiger partial charge in [0.2, 0.25) is 10.3 Å². The van der Waals surface area contributed by atoms with Gasteiger partial charge in [-0.1, -0.05) is 29.0 Å². The van der Waals surface area contributed by atoms with Gasteiger partial charge in [0.15, 0.2) is 6.10 Å². The number of benzene rings is 1. The molecule has 1 atom stereocenters. The molecule has 8 nitrogen and oxygen atoms in total. The Balaban J connectivity index is 1.33. The Morgan fingerprint density at radius 1 is 1.09 bits per heavy atom. The molecule has 0 unspecified atom stereocenters. The van der Waals surface area contributed by atoms with Crippen LogP contribution < -0.4 is 10.6 Å². The zero-order chi connectivity index (χ0) is 23.4. The standard InChI is InChI=1S/C23H27FN6O2S/c1-13-4-9-18(24)17(10-13)20(32-3)21(31)27-23-30-29-22(33-23)26-16-7-5-15(6-8-16)19-11-14(2)12-25-28-19/h4,9-12,15-16,20H,5-8H2,1-3H3,(H,26,29)(H,27,30,31)/t15?,16?,20-/m0/s1. The molecule has 0 bridgehead atoms. The van der Waals surface area contributed by atoms with Crippen molar-refractivity contribution in [1.82, 2.24) is 20.4 Å². The van der Waals surface area contributed by atoms with Crippen molar-refractivity contribution in [3.05, 3.63) is 58.7 Å². The third-order valence-corrected chi connectivity index (χ3v) is 6.62. The van der Waals surface area contributed by atoms with Crippen LogP contribution in [-0.2, 0) is 9.53 Å². The van der Waals surface area contributed by atoms with Gasteiger partial charge in [0.25, 0.3) is 5.91 Å². The molecular weight excluding hydrogens is 443 g/mol. The summed E-state index contributed by atoms with van der Waals surface area (Å²) < 4.78 is 19.5. The zero-order valence-electron chi connectivity index (χ0n) is 18.8. The first kappa shape index (κ1) is 23.2. The van der Waals surface area contributed by atoms with Crippen LogP contribution in [0.3, 0.4) is 0 Å². The molecule has 1 aliphatic carbocycles. The summed E-state index contributed by atoms with van der Waals surface area (Å²) in [4.78, 5) is 12.7. The number of hydrogen-bond donors (Lipinski definition) is 2. The summed E-state index contributed by atoms with van der Waals surface area (Å²) in [6.07, 6.45) is 4.71. The lowest BCUT2D eigenvalue weighted by Gasteiger charge is -2.28. The first-order valence-corrected chi connectivity index (χ1v) is 11.7. The van der Waals surface area contributed by atoms with Gasteiger partial charge in [-0.2, -0.15) is 10.2 Å². The van der Waals surface area contributed by atoms with E-state index < -0.39 is 17.8 Å². The molecule has 2 heterocycles. The minimum atomic E-state index is -1.08. The van der Waals surface area contributed by atoms with Crippen LogP contribution in [0.1, 0.15) is 60.1 Å². The van der Waals surface area contributed by atoms with E-state index in [1.54, 1.807) is 18.3 Å². The first-order chi connectivity index (χ1) is 15.9. The van der Waals surface area contributed by atoms with E-state index in [-0.39, 0.29) is 11.6 Å². The van der Waals surface area contributed by atoms with Crippen molar-refractivity contribution in [2.45, 2.75) is 57.6 Å². The van der Waals surface area contributed by atoms with Crippen molar-refractivity contribution in [2.75, 3.05) is 17.7 Å². The fourth-order valence-corrected chi connectivity index (χ4v) is 4.86. The van der Waals surface area contributed by atoms with Gasteiger partial charge >= 0.3 is 0 Å². The summed E-state index contributed by atoms with van der Waals surface area (Å²) in [6, 6.07) is 6.98. The van der Waals surface area contributed by atoms with E-state index in [4.69, 9.17) is 4.74 Å². The van der Waals surface area contributed by atoms with E-state index in [9.17, 15) is 9.18 Å². The molecular formula is C23H27FN6O2S. The third kappa shape index (κ3) is 5.69. The summed E-state index contributed by atoms with van der Waals surface area (Å²) in [7, 11) is 1.37. The normalized spacial score (nSPS) is 19.2. The molecule has 3 aromatic rings. The number of methoxy groups -OCH3 is 1. The lowest BCUT2D eigenvalue weighted by Crippen LogP contribution is -2.25. The Kier molecular flexibility index (Phi) is 7.24. The molecule has 2 aromatic heterocycles. The number of halogens is 1. The molecule has 0 radical (unpaired) electrons. The Hall–Kier alpha value is -2.98. The Morgan fingerprint density at radius 2 is 1.85 bits per heavy atom. The maximum Gasteiger partial charge on any atom is 0.260 e. The van der Waals surface area contributed by atoms with Gasteiger partial charge in [0.05, 0.1) is 11.9 Å².